The lowest BCUT2D eigenvalue weighted by molar-refractivity contribution is -0.112. The average molecular weight is 317 g/mol. The summed E-state index contributed by atoms with van der Waals surface area (Å²) in [6, 6.07) is 7.90. The van der Waals surface area contributed by atoms with E-state index in [0.29, 0.717) is 18.8 Å². The number of nitrogens with zero attached hydrogens (tertiary/aromatic N) is 1. The first kappa shape index (κ1) is 18.5. The first-order valence-corrected chi connectivity index (χ1v) is 7.69. The van der Waals surface area contributed by atoms with Gasteiger partial charge in [0.25, 0.3) is 5.91 Å². The Bertz CT molecular complexity index is 547. The van der Waals surface area contributed by atoms with Gasteiger partial charge in [-0.1, -0.05) is 13.3 Å². The van der Waals surface area contributed by atoms with E-state index < -0.39 is 5.91 Å². The lowest BCUT2D eigenvalue weighted by Crippen LogP contribution is -2.17. The molecule has 0 fully saturated rings. The highest BCUT2D eigenvalue weighted by Crippen LogP contribution is 2.14. The first-order valence-electron chi connectivity index (χ1n) is 7.69. The van der Waals surface area contributed by atoms with Crippen LogP contribution in [-0.2, 0) is 9.53 Å². The van der Waals surface area contributed by atoms with Crippen LogP contribution in [0.2, 0.25) is 0 Å². The van der Waals surface area contributed by atoms with Crippen LogP contribution >= 0.6 is 0 Å². The molecule has 0 aliphatic rings. The zero-order chi connectivity index (χ0) is 16.9. The molecule has 124 valence electrons. The van der Waals surface area contributed by atoms with Crippen LogP contribution in [0.15, 0.2) is 36.0 Å². The van der Waals surface area contributed by atoms with E-state index in [0.717, 1.165) is 25.9 Å². The minimum absolute atomic E-state index is 0.00928. The molecule has 0 saturated heterocycles. The predicted octanol–water partition coefficient (Wildman–Crippen LogP) is 2.53. The van der Waals surface area contributed by atoms with Crippen molar-refractivity contribution in [3.8, 4) is 11.8 Å². The Morgan fingerprint density at radius 1 is 1.30 bits per heavy atom. The summed E-state index contributed by atoms with van der Waals surface area (Å²) in [6.07, 6.45) is 4.38. The van der Waals surface area contributed by atoms with E-state index in [1.165, 1.54) is 18.3 Å². The predicted molar refractivity (Wildman–Crippen MR) is 88.8 cm³/mol. The summed E-state index contributed by atoms with van der Waals surface area (Å²) >= 11 is 0. The zero-order valence-electron chi connectivity index (χ0n) is 13.3. The van der Waals surface area contributed by atoms with E-state index in [2.05, 4.69) is 17.6 Å². The summed E-state index contributed by atoms with van der Waals surface area (Å²) in [5.74, 6) is -0.383. The van der Waals surface area contributed by atoms with Crippen LogP contribution in [0.5, 0.6) is 5.75 Å². The van der Waals surface area contributed by atoms with Gasteiger partial charge in [0.1, 0.15) is 17.4 Å². The van der Waals surface area contributed by atoms with Gasteiger partial charge in [-0.05, 0) is 37.1 Å². The number of rotatable bonds is 10. The standard InChI is InChI=1S/C17H23N3O3/c1-2-3-10-23-11-4-9-19-13-14(12-18)17(22)20-15-5-7-16(21)8-6-15/h5-8,13,19,21H,2-4,9-11H2,1H3,(H,20,22)/b14-13-. The van der Waals surface area contributed by atoms with Crippen molar-refractivity contribution < 1.29 is 14.6 Å². The Kier molecular flexibility index (Phi) is 8.94. The second kappa shape index (κ2) is 11.1. The molecule has 23 heavy (non-hydrogen) atoms. The van der Waals surface area contributed by atoms with E-state index in [1.807, 2.05) is 6.07 Å². The highest BCUT2D eigenvalue weighted by atomic mass is 16.5. The number of benzene rings is 1. The van der Waals surface area contributed by atoms with Gasteiger partial charge in [-0.3, -0.25) is 4.79 Å². The number of unbranched alkanes of at least 4 members (excludes halogenated alkanes) is 1. The molecular formula is C17H23N3O3. The molecule has 0 radical (unpaired) electrons. The first-order chi connectivity index (χ1) is 11.2. The number of carbonyl (C=O) groups is 1. The molecule has 0 bridgehead atoms. The van der Waals surface area contributed by atoms with Gasteiger partial charge in [0, 0.05) is 31.6 Å². The minimum Gasteiger partial charge on any atom is -0.508 e. The van der Waals surface area contributed by atoms with Crippen LogP contribution in [0.25, 0.3) is 0 Å². The van der Waals surface area contributed by atoms with E-state index in [-0.39, 0.29) is 11.3 Å². The van der Waals surface area contributed by atoms with E-state index in [9.17, 15) is 9.90 Å². The van der Waals surface area contributed by atoms with Crippen molar-refractivity contribution in [3.05, 3.63) is 36.0 Å². The highest BCUT2D eigenvalue weighted by molar-refractivity contribution is 6.06. The van der Waals surface area contributed by atoms with Crippen LogP contribution in [0.1, 0.15) is 26.2 Å². The Morgan fingerprint density at radius 2 is 2.00 bits per heavy atom. The molecule has 0 aromatic heterocycles. The molecule has 1 amide bonds. The molecule has 0 spiro atoms. The Labute approximate surface area is 136 Å². The number of hydrogen-bond acceptors (Lipinski definition) is 5. The summed E-state index contributed by atoms with van der Waals surface area (Å²) in [6.45, 7) is 4.17. The second-order valence-electron chi connectivity index (χ2n) is 4.94. The van der Waals surface area contributed by atoms with Crippen molar-refractivity contribution in [3.63, 3.8) is 0 Å². The molecule has 3 N–H and O–H groups in total. The number of hydrogen-bond donors (Lipinski definition) is 3. The third kappa shape index (κ3) is 7.88. The van der Waals surface area contributed by atoms with Crippen LogP contribution in [0, 0.1) is 11.3 Å². The van der Waals surface area contributed by atoms with Crippen molar-refractivity contribution in [2.24, 2.45) is 0 Å². The highest BCUT2D eigenvalue weighted by Gasteiger charge is 2.08. The lowest BCUT2D eigenvalue weighted by atomic mass is 10.2. The normalized spacial score (nSPS) is 10.9. The summed E-state index contributed by atoms with van der Waals surface area (Å²) in [5.41, 5.74) is 0.503. The van der Waals surface area contributed by atoms with E-state index >= 15 is 0 Å². The zero-order valence-corrected chi connectivity index (χ0v) is 13.3. The molecule has 0 aliphatic carbocycles. The smallest absolute Gasteiger partial charge is 0.267 e. The molecule has 1 aromatic carbocycles. The number of anilines is 1. The van der Waals surface area contributed by atoms with Gasteiger partial charge in [-0.2, -0.15) is 5.26 Å². The molecule has 0 unspecified atom stereocenters. The summed E-state index contributed by atoms with van der Waals surface area (Å²) in [5, 5.41) is 23.7. The topological polar surface area (TPSA) is 94.4 Å². The third-order valence-electron chi connectivity index (χ3n) is 2.99. The number of aromatic hydroxyl groups is 1. The average Bonchev–Trinajstić information content (AvgIpc) is 2.55. The number of ether oxygens (including phenoxy) is 1. The fourth-order valence-electron chi connectivity index (χ4n) is 1.69. The number of amides is 1. The van der Waals surface area contributed by atoms with Crippen molar-refractivity contribution in [2.75, 3.05) is 25.1 Å². The van der Waals surface area contributed by atoms with Crippen molar-refractivity contribution >= 4 is 11.6 Å². The summed E-state index contributed by atoms with van der Waals surface area (Å²) in [7, 11) is 0. The quantitative estimate of drug-likeness (QED) is 0.267. The summed E-state index contributed by atoms with van der Waals surface area (Å²) < 4.78 is 5.42. The number of nitriles is 1. The molecule has 0 saturated carbocycles. The largest absolute Gasteiger partial charge is 0.508 e. The molecule has 6 nitrogen and oxygen atoms in total. The Morgan fingerprint density at radius 3 is 2.65 bits per heavy atom. The van der Waals surface area contributed by atoms with Gasteiger partial charge in [0.2, 0.25) is 0 Å². The van der Waals surface area contributed by atoms with Crippen LogP contribution in [0.4, 0.5) is 5.69 Å². The van der Waals surface area contributed by atoms with Gasteiger partial charge in [0.05, 0.1) is 0 Å². The molecule has 0 aliphatic heterocycles. The summed E-state index contributed by atoms with van der Waals surface area (Å²) in [4.78, 5) is 11.9. The lowest BCUT2D eigenvalue weighted by Gasteiger charge is -2.06. The fraction of sp³-hybridized carbons (Fsp3) is 0.412. The molecule has 6 heteroatoms. The SMILES string of the molecule is CCCCOCCCN/C=C(/C#N)C(=O)Nc1ccc(O)cc1. The molecular weight excluding hydrogens is 294 g/mol. The van der Waals surface area contributed by atoms with Crippen LogP contribution in [-0.4, -0.2) is 30.8 Å². The van der Waals surface area contributed by atoms with E-state index in [1.54, 1.807) is 12.1 Å². The van der Waals surface area contributed by atoms with Gasteiger partial charge >= 0.3 is 0 Å². The number of phenolic OH excluding ortho intramolecular Hbond substituents is 1. The van der Waals surface area contributed by atoms with Crippen molar-refractivity contribution in [1.82, 2.24) is 5.32 Å². The molecule has 1 rings (SSSR count). The number of nitrogens with one attached hydrogen (secondary N) is 2. The minimum atomic E-state index is -0.495. The number of carbonyl (C=O) groups excluding carboxylic acids is 1. The molecule has 0 heterocycles. The maximum absolute atomic E-state index is 11.9. The van der Waals surface area contributed by atoms with Crippen molar-refractivity contribution in [1.29, 1.82) is 5.26 Å². The Hall–Kier alpha value is -2.52. The maximum Gasteiger partial charge on any atom is 0.267 e. The van der Waals surface area contributed by atoms with E-state index in [4.69, 9.17) is 10.00 Å². The monoisotopic (exact) mass is 317 g/mol. The van der Waals surface area contributed by atoms with Gasteiger partial charge in [-0.15, -0.1) is 0 Å². The second-order valence-corrected chi connectivity index (χ2v) is 4.94. The van der Waals surface area contributed by atoms with Gasteiger partial charge < -0.3 is 20.5 Å². The Balaban J connectivity index is 2.32. The van der Waals surface area contributed by atoms with Crippen molar-refractivity contribution in [2.45, 2.75) is 26.2 Å². The molecule has 1 aromatic rings. The van der Waals surface area contributed by atoms with Gasteiger partial charge in [0.15, 0.2) is 0 Å². The third-order valence-corrected chi connectivity index (χ3v) is 2.99. The van der Waals surface area contributed by atoms with Crippen LogP contribution < -0.4 is 10.6 Å². The number of phenols is 1. The maximum atomic E-state index is 11.9. The fourth-order valence-corrected chi connectivity index (χ4v) is 1.69. The molecule has 0 atom stereocenters. The van der Waals surface area contributed by atoms with Gasteiger partial charge in [-0.25, -0.2) is 0 Å². The van der Waals surface area contributed by atoms with Crippen LogP contribution in [0.3, 0.4) is 0 Å².